The van der Waals surface area contributed by atoms with Gasteiger partial charge < -0.3 is 15.7 Å². The minimum Gasteiger partial charge on any atom is -0.478 e. The van der Waals surface area contributed by atoms with Crippen molar-refractivity contribution in [2.75, 3.05) is 13.1 Å². The standard InChI is InChI=1S/C13H14N2O4S/c14-12(18)8-3-4-15(6-8)13(19)9-5-10(20-7-9)1-2-11(16)17/h1-2,5,7-8H,3-4,6H2,(H2,14,18)(H,16,17)/b2-1+. The van der Waals surface area contributed by atoms with Gasteiger partial charge in [-0.25, -0.2) is 4.79 Å². The normalized spacial score (nSPS) is 18.6. The van der Waals surface area contributed by atoms with E-state index < -0.39 is 5.97 Å². The van der Waals surface area contributed by atoms with Crippen molar-refractivity contribution in [3.63, 3.8) is 0 Å². The first kappa shape index (κ1) is 14.3. The molecule has 0 spiro atoms. The van der Waals surface area contributed by atoms with Gasteiger partial charge in [-0.2, -0.15) is 0 Å². The maximum absolute atomic E-state index is 12.2. The van der Waals surface area contributed by atoms with E-state index in [9.17, 15) is 14.4 Å². The summed E-state index contributed by atoms with van der Waals surface area (Å²) in [5.74, 6) is -1.84. The molecule has 1 aliphatic rings. The molecule has 0 aliphatic carbocycles. The summed E-state index contributed by atoms with van der Waals surface area (Å²) in [7, 11) is 0. The molecule has 1 fully saturated rings. The zero-order valence-electron chi connectivity index (χ0n) is 10.6. The number of primary amides is 1. The van der Waals surface area contributed by atoms with Crippen molar-refractivity contribution in [3.05, 3.63) is 28.0 Å². The molecule has 0 aromatic carbocycles. The van der Waals surface area contributed by atoms with Crippen molar-refractivity contribution < 1.29 is 19.5 Å². The lowest BCUT2D eigenvalue weighted by molar-refractivity contribution is -0.131. The van der Waals surface area contributed by atoms with Crippen LogP contribution in [0.2, 0.25) is 0 Å². The Labute approximate surface area is 119 Å². The number of amides is 2. The first-order chi connectivity index (χ1) is 9.47. The average Bonchev–Trinajstić information content (AvgIpc) is 3.05. The summed E-state index contributed by atoms with van der Waals surface area (Å²) in [5.41, 5.74) is 5.74. The third-order valence-corrected chi connectivity index (χ3v) is 4.03. The van der Waals surface area contributed by atoms with Gasteiger partial charge in [-0.15, -0.1) is 11.3 Å². The highest BCUT2D eigenvalue weighted by atomic mass is 32.1. The van der Waals surface area contributed by atoms with Crippen molar-refractivity contribution in [2.24, 2.45) is 11.7 Å². The number of rotatable bonds is 4. The summed E-state index contributed by atoms with van der Waals surface area (Å²) in [6, 6.07) is 1.64. The molecule has 2 rings (SSSR count). The Morgan fingerprint density at radius 2 is 2.20 bits per heavy atom. The predicted octanol–water partition coefficient (Wildman–Crippen LogP) is 0.793. The van der Waals surface area contributed by atoms with Gasteiger partial charge in [0, 0.05) is 29.4 Å². The van der Waals surface area contributed by atoms with E-state index in [2.05, 4.69) is 0 Å². The number of carboxylic acids is 1. The van der Waals surface area contributed by atoms with E-state index in [-0.39, 0.29) is 17.7 Å². The molecule has 20 heavy (non-hydrogen) atoms. The van der Waals surface area contributed by atoms with E-state index in [4.69, 9.17) is 10.8 Å². The van der Waals surface area contributed by atoms with E-state index in [1.807, 2.05) is 0 Å². The monoisotopic (exact) mass is 294 g/mol. The number of nitrogens with two attached hydrogens (primary N) is 1. The molecule has 1 aromatic rings. The molecular formula is C13H14N2O4S. The number of carboxylic acid groups (broad SMARTS) is 1. The van der Waals surface area contributed by atoms with Gasteiger partial charge in [0.25, 0.3) is 5.91 Å². The van der Waals surface area contributed by atoms with Crippen LogP contribution in [-0.4, -0.2) is 40.9 Å². The Hall–Kier alpha value is -2.15. The van der Waals surface area contributed by atoms with Crippen LogP contribution in [-0.2, 0) is 9.59 Å². The fourth-order valence-corrected chi connectivity index (χ4v) is 2.84. The molecule has 7 heteroatoms. The highest BCUT2D eigenvalue weighted by molar-refractivity contribution is 7.11. The Kier molecular flexibility index (Phi) is 4.19. The number of thiophene rings is 1. The van der Waals surface area contributed by atoms with Crippen LogP contribution in [0.15, 0.2) is 17.5 Å². The topological polar surface area (TPSA) is 101 Å². The molecule has 0 saturated carbocycles. The largest absolute Gasteiger partial charge is 0.478 e. The molecule has 1 aliphatic heterocycles. The quantitative estimate of drug-likeness (QED) is 0.802. The smallest absolute Gasteiger partial charge is 0.328 e. The van der Waals surface area contributed by atoms with E-state index in [1.165, 1.54) is 17.4 Å². The number of nitrogens with zero attached hydrogens (tertiary/aromatic N) is 1. The third-order valence-electron chi connectivity index (χ3n) is 3.13. The summed E-state index contributed by atoms with van der Waals surface area (Å²) in [5, 5.41) is 10.2. The molecule has 2 amide bonds. The maximum atomic E-state index is 12.2. The summed E-state index contributed by atoms with van der Waals surface area (Å²) < 4.78 is 0. The van der Waals surface area contributed by atoms with Crippen LogP contribution in [0.25, 0.3) is 6.08 Å². The first-order valence-corrected chi connectivity index (χ1v) is 6.93. The molecule has 2 heterocycles. The van der Waals surface area contributed by atoms with Gasteiger partial charge in [0.15, 0.2) is 0 Å². The third kappa shape index (κ3) is 3.24. The van der Waals surface area contributed by atoms with E-state index >= 15 is 0 Å². The van der Waals surface area contributed by atoms with Gasteiger partial charge in [-0.1, -0.05) is 0 Å². The second-order valence-corrected chi connectivity index (χ2v) is 5.49. The molecule has 106 valence electrons. The maximum Gasteiger partial charge on any atom is 0.328 e. The summed E-state index contributed by atoms with van der Waals surface area (Å²) in [6.07, 6.45) is 3.07. The zero-order chi connectivity index (χ0) is 14.7. The Morgan fingerprint density at radius 3 is 2.80 bits per heavy atom. The number of hydrogen-bond donors (Lipinski definition) is 2. The molecule has 1 atom stereocenters. The number of carbonyl (C=O) groups is 3. The lowest BCUT2D eigenvalue weighted by atomic mass is 10.1. The van der Waals surface area contributed by atoms with Crippen molar-refractivity contribution in [1.82, 2.24) is 4.90 Å². The van der Waals surface area contributed by atoms with Crippen molar-refractivity contribution >= 4 is 35.2 Å². The molecule has 1 saturated heterocycles. The fraction of sp³-hybridized carbons (Fsp3) is 0.308. The number of carbonyl (C=O) groups excluding carboxylic acids is 2. The van der Waals surface area contributed by atoms with E-state index in [1.54, 1.807) is 16.3 Å². The molecule has 6 nitrogen and oxygen atoms in total. The average molecular weight is 294 g/mol. The summed E-state index contributed by atoms with van der Waals surface area (Å²) >= 11 is 1.30. The Bertz CT molecular complexity index is 579. The highest BCUT2D eigenvalue weighted by Gasteiger charge is 2.30. The van der Waals surface area contributed by atoms with Crippen molar-refractivity contribution in [2.45, 2.75) is 6.42 Å². The molecule has 3 N–H and O–H groups in total. The van der Waals surface area contributed by atoms with Crippen LogP contribution in [0.5, 0.6) is 0 Å². The SMILES string of the molecule is NC(=O)C1CCN(C(=O)c2csc(/C=C/C(=O)O)c2)C1. The molecule has 0 radical (unpaired) electrons. The molecule has 1 unspecified atom stereocenters. The summed E-state index contributed by atoms with van der Waals surface area (Å²) in [4.78, 5) is 36.0. The van der Waals surface area contributed by atoms with Gasteiger partial charge in [-0.3, -0.25) is 9.59 Å². The van der Waals surface area contributed by atoms with E-state index in [0.29, 0.717) is 30.0 Å². The second kappa shape index (κ2) is 5.87. The molecule has 0 bridgehead atoms. The second-order valence-electron chi connectivity index (χ2n) is 4.55. The van der Waals surface area contributed by atoms with Gasteiger partial charge in [0.1, 0.15) is 0 Å². The van der Waals surface area contributed by atoms with Crippen LogP contribution < -0.4 is 5.73 Å². The van der Waals surface area contributed by atoms with Crippen LogP contribution >= 0.6 is 11.3 Å². The minimum atomic E-state index is -1.03. The van der Waals surface area contributed by atoms with Crippen molar-refractivity contribution in [3.8, 4) is 0 Å². The lowest BCUT2D eigenvalue weighted by Gasteiger charge is -2.14. The number of likely N-dealkylation sites (tertiary alicyclic amines) is 1. The van der Waals surface area contributed by atoms with Crippen LogP contribution in [0, 0.1) is 5.92 Å². The minimum absolute atomic E-state index is 0.153. The van der Waals surface area contributed by atoms with Crippen LogP contribution in [0.3, 0.4) is 0 Å². The van der Waals surface area contributed by atoms with Crippen LogP contribution in [0.4, 0.5) is 0 Å². The lowest BCUT2D eigenvalue weighted by Crippen LogP contribution is -2.31. The van der Waals surface area contributed by atoms with Crippen LogP contribution in [0.1, 0.15) is 21.7 Å². The van der Waals surface area contributed by atoms with E-state index in [0.717, 1.165) is 6.08 Å². The van der Waals surface area contributed by atoms with Gasteiger partial charge in [0.05, 0.1) is 11.5 Å². The molecular weight excluding hydrogens is 280 g/mol. The van der Waals surface area contributed by atoms with Gasteiger partial charge >= 0.3 is 5.97 Å². The van der Waals surface area contributed by atoms with Crippen molar-refractivity contribution in [1.29, 1.82) is 0 Å². The Balaban J connectivity index is 2.03. The molecule has 1 aromatic heterocycles. The zero-order valence-corrected chi connectivity index (χ0v) is 11.4. The predicted molar refractivity (Wildman–Crippen MR) is 74.2 cm³/mol. The first-order valence-electron chi connectivity index (χ1n) is 6.05. The number of hydrogen-bond acceptors (Lipinski definition) is 4. The number of aliphatic carboxylic acids is 1. The van der Waals surface area contributed by atoms with Gasteiger partial charge in [-0.05, 0) is 18.6 Å². The Morgan fingerprint density at radius 1 is 1.45 bits per heavy atom. The fourth-order valence-electron chi connectivity index (χ4n) is 2.07. The van der Waals surface area contributed by atoms with Gasteiger partial charge in [0.2, 0.25) is 5.91 Å². The highest BCUT2D eigenvalue weighted by Crippen LogP contribution is 2.22. The summed E-state index contributed by atoms with van der Waals surface area (Å²) in [6.45, 7) is 0.868.